The molecular weight excluding hydrogens is 446 g/mol. The molecule has 5 nitrogen and oxygen atoms in total. The molecule has 0 radical (unpaired) electrons. The van der Waals surface area contributed by atoms with Crippen molar-refractivity contribution in [2.45, 2.75) is 45.5 Å². The van der Waals surface area contributed by atoms with Crippen molar-refractivity contribution in [3.63, 3.8) is 0 Å². The lowest BCUT2D eigenvalue weighted by molar-refractivity contribution is -0.252. The molecule has 3 aromatic rings. The first kappa shape index (κ1) is 22.8. The minimum atomic E-state index is -4.42. The molecule has 0 aliphatic carbocycles. The van der Waals surface area contributed by atoms with Crippen LogP contribution in [-0.4, -0.2) is 52.1 Å². The Morgan fingerprint density at radius 3 is 2.72 bits per heavy atom. The maximum Gasteiger partial charge on any atom is 0.415 e. The number of halogens is 4. The van der Waals surface area contributed by atoms with Crippen molar-refractivity contribution in [2.75, 3.05) is 13.1 Å². The number of fused-ring (bicyclic) bond motifs is 1. The second-order valence-electron chi connectivity index (χ2n) is 7.89. The predicted octanol–water partition coefficient (Wildman–Crippen LogP) is 5.18. The van der Waals surface area contributed by atoms with E-state index in [1.165, 1.54) is 18.3 Å². The molecule has 1 aliphatic rings. The third-order valence-corrected chi connectivity index (χ3v) is 6.27. The Morgan fingerprint density at radius 2 is 2.06 bits per heavy atom. The molecule has 32 heavy (non-hydrogen) atoms. The van der Waals surface area contributed by atoms with E-state index < -0.39 is 25.1 Å². The second-order valence-corrected chi connectivity index (χ2v) is 9.00. The van der Waals surface area contributed by atoms with Gasteiger partial charge in [-0.3, -0.25) is 9.69 Å². The number of carbonyl (C=O) groups is 1. The number of morpholine rings is 1. The lowest BCUT2D eigenvalue weighted by atomic mass is 10.0. The summed E-state index contributed by atoms with van der Waals surface area (Å²) in [5, 5.41) is 1.10. The molecule has 1 fully saturated rings. The average molecular weight is 467 g/mol. The van der Waals surface area contributed by atoms with Gasteiger partial charge in [0.15, 0.2) is 11.9 Å². The number of benzene rings is 1. The van der Waals surface area contributed by atoms with Gasteiger partial charge in [0.2, 0.25) is 0 Å². The summed E-state index contributed by atoms with van der Waals surface area (Å²) >= 11 is 1.20. The third-order valence-electron chi connectivity index (χ3n) is 5.28. The summed E-state index contributed by atoms with van der Waals surface area (Å²) in [6.45, 7) is 2.79. The largest absolute Gasteiger partial charge is 0.415 e. The van der Waals surface area contributed by atoms with Crippen molar-refractivity contribution in [1.82, 2.24) is 14.9 Å². The van der Waals surface area contributed by atoms with Crippen molar-refractivity contribution in [1.29, 1.82) is 0 Å². The highest BCUT2D eigenvalue weighted by molar-refractivity contribution is 7.15. The lowest BCUT2D eigenvalue weighted by Gasteiger charge is -2.37. The van der Waals surface area contributed by atoms with E-state index in [0.29, 0.717) is 23.6 Å². The summed E-state index contributed by atoms with van der Waals surface area (Å²) in [5.74, 6) is -0.219. The molecule has 0 N–H and O–H groups in total. The van der Waals surface area contributed by atoms with E-state index in [0.717, 1.165) is 21.4 Å². The predicted molar refractivity (Wildman–Crippen MR) is 113 cm³/mol. The van der Waals surface area contributed by atoms with E-state index >= 15 is 0 Å². The number of hydrogen-bond donors (Lipinski definition) is 0. The van der Waals surface area contributed by atoms with Crippen LogP contribution >= 0.6 is 11.3 Å². The molecule has 0 amide bonds. The molecule has 0 spiro atoms. The van der Waals surface area contributed by atoms with Gasteiger partial charge in [0, 0.05) is 43.7 Å². The van der Waals surface area contributed by atoms with E-state index in [9.17, 15) is 22.4 Å². The Labute approximate surface area is 186 Å². The highest BCUT2D eigenvalue weighted by Gasteiger charge is 2.44. The molecule has 2 atom stereocenters. The minimum absolute atomic E-state index is 0.219. The summed E-state index contributed by atoms with van der Waals surface area (Å²) in [7, 11) is 0. The van der Waals surface area contributed by atoms with Crippen LogP contribution in [-0.2, 0) is 18.0 Å². The number of aromatic nitrogens is 2. The number of thiazole rings is 1. The fraction of sp³-hybridized carbons (Fsp3) is 0.409. The molecule has 0 unspecified atom stereocenters. The van der Waals surface area contributed by atoms with E-state index in [4.69, 9.17) is 4.74 Å². The van der Waals surface area contributed by atoms with Gasteiger partial charge in [0.05, 0.1) is 16.5 Å². The van der Waals surface area contributed by atoms with Crippen molar-refractivity contribution in [2.24, 2.45) is 0 Å². The van der Waals surface area contributed by atoms with Crippen molar-refractivity contribution >= 4 is 28.0 Å². The molecule has 10 heteroatoms. The standard InChI is InChI=1S/C22H21F4N3O2S/c1-12-9-29(11-20(31-12)22(24,25)26)10-14-3-4-15-16(19-8-27-21(7-23)32-19)6-17(13(2)30)28-18(15)5-14/h3-6,8,12,20H,7,9-11H2,1-2H3/t12-,20-/m1/s1. The van der Waals surface area contributed by atoms with Crippen LogP contribution in [0.5, 0.6) is 0 Å². The Kier molecular flexibility index (Phi) is 6.28. The normalized spacial score (nSPS) is 20.1. The first-order valence-corrected chi connectivity index (χ1v) is 10.9. The van der Waals surface area contributed by atoms with Gasteiger partial charge in [0.1, 0.15) is 17.4 Å². The van der Waals surface area contributed by atoms with Crippen LogP contribution in [0, 0.1) is 0 Å². The fourth-order valence-electron chi connectivity index (χ4n) is 3.86. The zero-order valence-electron chi connectivity index (χ0n) is 17.4. The average Bonchev–Trinajstić information content (AvgIpc) is 3.20. The van der Waals surface area contributed by atoms with Gasteiger partial charge in [-0.15, -0.1) is 11.3 Å². The zero-order chi connectivity index (χ0) is 23.0. The Morgan fingerprint density at radius 1 is 1.28 bits per heavy atom. The van der Waals surface area contributed by atoms with Crippen molar-refractivity contribution in [3.05, 3.63) is 46.7 Å². The molecule has 1 aliphatic heterocycles. The summed E-state index contributed by atoms with van der Waals surface area (Å²) in [6, 6.07) is 7.11. The number of pyridine rings is 1. The fourth-order valence-corrected chi connectivity index (χ4v) is 4.66. The van der Waals surface area contributed by atoms with E-state index in [1.54, 1.807) is 30.2 Å². The lowest BCUT2D eigenvalue weighted by Crippen LogP contribution is -2.51. The van der Waals surface area contributed by atoms with Gasteiger partial charge in [0.25, 0.3) is 0 Å². The van der Waals surface area contributed by atoms with Crippen LogP contribution < -0.4 is 0 Å². The summed E-state index contributed by atoms with van der Waals surface area (Å²) in [5.41, 5.74) is 2.31. The minimum Gasteiger partial charge on any atom is -0.363 e. The van der Waals surface area contributed by atoms with Gasteiger partial charge >= 0.3 is 6.18 Å². The molecule has 4 rings (SSSR count). The topological polar surface area (TPSA) is 55.3 Å². The van der Waals surface area contributed by atoms with Gasteiger partial charge in [-0.05, 0) is 24.6 Å². The molecular formula is C22H21F4N3O2S. The number of rotatable bonds is 5. The highest BCUT2D eigenvalue weighted by atomic mass is 32.1. The molecule has 170 valence electrons. The van der Waals surface area contributed by atoms with Crippen LogP contribution in [0.2, 0.25) is 0 Å². The maximum atomic E-state index is 13.2. The number of ketones is 1. The number of hydrogen-bond acceptors (Lipinski definition) is 6. The number of nitrogens with zero attached hydrogens (tertiary/aromatic N) is 3. The Hall–Kier alpha value is -2.43. The monoisotopic (exact) mass is 467 g/mol. The van der Waals surface area contributed by atoms with Crippen LogP contribution in [0.4, 0.5) is 17.6 Å². The molecule has 0 bridgehead atoms. The number of alkyl halides is 4. The Bertz CT molecular complexity index is 1150. The van der Waals surface area contributed by atoms with Gasteiger partial charge < -0.3 is 4.74 Å². The summed E-state index contributed by atoms with van der Waals surface area (Å²) in [4.78, 5) is 23.0. The van der Waals surface area contributed by atoms with Crippen molar-refractivity contribution < 1.29 is 27.1 Å². The summed E-state index contributed by atoms with van der Waals surface area (Å²) in [6.07, 6.45) is -5.22. The summed E-state index contributed by atoms with van der Waals surface area (Å²) < 4.78 is 57.5. The second kappa shape index (κ2) is 8.84. The van der Waals surface area contributed by atoms with E-state index in [1.807, 2.05) is 12.1 Å². The quantitative estimate of drug-likeness (QED) is 0.382. The van der Waals surface area contributed by atoms with Crippen LogP contribution in [0.3, 0.4) is 0 Å². The van der Waals surface area contributed by atoms with Crippen LogP contribution in [0.1, 0.15) is 34.9 Å². The first-order valence-electron chi connectivity index (χ1n) is 10.0. The number of Topliss-reactive ketones (excluding diaryl/α,β-unsaturated/α-hetero) is 1. The van der Waals surface area contributed by atoms with E-state index in [2.05, 4.69) is 9.97 Å². The van der Waals surface area contributed by atoms with Gasteiger partial charge in [-0.1, -0.05) is 12.1 Å². The highest BCUT2D eigenvalue weighted by Crippen LogP contribution is 2.34. The first-order chi connectivity index (χ1) is 15.1. The zero-order valence-corrected chi connectivity index (χ0v) is 18.3. The molecule has 2 aromatic heterocycles. The van der Waals surface area contributed by atoms with Crippen molar-refractivity contribution in [3.8, 4) is 10.4 Å². The number of ether oxygens (including phenoxy) is 1. The van der Waals surface area contributed by atoms with Gasteiger partial charge in [-0.2, -0.15) is 13.2 Å². The molecule has 3 heterocycles. The molecule has 0 saturated carbocycles. The van der Waals surface area contributed by atoms with E-state index in [-0.39, 0.29) is 18.0 Å². The number of carbonyl (C=O) groups excluding carboxylic acids is 1. The smallest absolute Gasteiger partial charge is 0.363 e. The Balaban J connectivity index is 1.68. The molecule has 1 saturated heterocycles. The third kappa shape index (κ3) is 4.82. The van der Waals surface area contributed by atoms with Crippen LogP contribution in [0.15, 0.2) is 30.5 Å². The SMILES string of the molecule is CC(=O)c1cc(-c2cnc(CF)s2)c2ccc(CN3C[C@@H](C)O[C@@H](C(F)(F)F)C3)cc2n1. The maximum absolute atomic E-state index is 13.2. The van der Waals surface area contributed by atoms with Gasteiger partial charge in [-0.25, -0.2) is 14.4 Å². The van der Waals surface area contributed by atoms with Crippen LogP contribution in [0.25, 0.3) is 21.3 Å². The molecule has 1 aromatic carbocycles.